The molecular weight excluding hydrogens is 224 g/mol. The molecule has 2 rings (SSSR count). The second-order valence-corrected chi connectivity index (χ2v) is 5.51. The van der Waals surface area contributed by atoms with E-state index >= 15 is 0 Å². The first-order valence-electron chi connectivity index (χ1n) is 7.11. The average molecular weight is 248 g/mol. The van der Waals surface area contributed by atoms with E-state index in [0.717, 1.165) is 24.5 Å². The molecule has 1 aliphatic rings. The Hall–Kier alpha value is -1.02. The highest BCUT2D eigenvalue weighted by atomic mass is 16.5. The van der Waals surface area contributed by atoms with Crippen LogP contribution in [0.15, 0.2) is 24.3 Å². The minimum Gasteiger partial charge on any atom is -0.491 e. The van der Waals surface area contributed by atoms with Gasteiger partial charge in [-0.1, -0.05) is 43.4 Å². The van der Waals surface area contributed by atoms with Gasteiger partial charge < -0.3 is 9.84 Å². The highest BCUT2D eigenvalue weighted by Crippen LogP contribution is 2.29. The van der Waals surface area contributed by atoms with Gasteiger partial charge in [0.15, 0.2) is 0 Å². The summed E-state index contributed by atoms with van der Waals surface area (Å²) in [7, 11) is 0. The predicted molar refractivity (Wildman–Crippen MR) is 73.9 cm³/mol. The first kappa shape index (κ1) is 13.4. The van der Waals surface area contributed by atoms with E-state index < -0.39 is 0 Å². The monoisotopic (exact) mass is 248 g/mol. The van der Waals surface area contributed by atoms with Gasteiger partial charge in [0, 0.05) is 0 Å². The van der Waals surface area contributed by atoms with Crippen LogP contribution >= 0.6 is 0 Å². The molecule has 1 aromatic rings. The highest BCUT2D eigenvalue weighted by molar-refractivity contribution is 5.26. The predicted octanol–water partition coefficient (Wildman–Crippen LogP) is 3.71. The highest BCUT2D eigenvalue weighted by Gasteiger charge is 2.16. The Morgan fingerprint density at radius 1 is 1.22 bits per heavy atom. The number of benzene rings is 1. The van der Waals surface area contributed by atoms with Gasteiger partial charge in [-0.25, -0.2) is 0 Å². The van der Waals surface area contributed by atoms with Crippen LogP contribution in [0.25, 0.3) is 0 Å². The molecule has 0 unspecified atom stereocenters. The van der Waals surface area contributed by atoms with Gasteiger partial charge in [0.25, 0.3) is 0 Å². The molecule has 1 N–H and O–H groups in total. The van der Waals surface area contributed by atoms with E-state index in [2.05, 4.69) is 6.92 Å². The quantitative estimate of drug-likeness (QED) is 0.831. The molecule has 1 aliphatic carbocycles. The van der Waals surface area contributed by atoms with Crippen LogP contribution in [-0.4, -0.2) is 17.8 Å². The van der Waals surface area contributed by atoms with Gasteiger partial charge in [0.1, 0.15) is 12.4 Å². The summed E-state index contributed by atoms with van der Waals surface area (Å²) in [5.74, 6) is 1.69. The number of aryl methyl sites for hydroxylation is 1. The third-order valence-electron chi connectivity index (χ3n) is 3.85. The molecule has 2 nitrogen and oxygen atoms in total. The van der Waals surface area contributed by atoms with Crippen LogP contribution in [0.1, 0.15) is 44.1 Å². The fourth-order valence-corrected chi connectivity index (χ4v) is 2.64. The lowest BCUT2D eigenvalue weighted by Crippen LogP contribution is -2.18. The van der Waals surface area contributed by atoms with Crippen LogP contribution in [0.4, 0.5) is 0 Å². The molecule has 0 radical (unpaired) electrons. The number of rotatable bonds is 6. The van der Waals surface area contributed by atoms with Gasteiger partial charge in [-0.05, 0) is 37.8 Å². The molecule has 0 aliphatic heterocycles. The van der Waals surface area contributed by atoms with Gasteiger partial charge >= 0.3 is 0 Å². The normalized spacial score (nSPS) is 17.9. The van der Waals surface area contributed by atoms with E-state index in [1.54, 1.807) is 0 Å². The topological polar surface area (TPSA) is 29.5 Å². The summed E-state index contributed by atoms with van der Waals surface area (Å²) in [6.45, 7) is 2.47. The first-order valence-corrected chi connectivity index (χ1v) is 7.11. The minimum atomic E-state index is -0.327. The maximum absolute atomic E-state index is 9.90. The fourth-order valence-electron chi connectivity index (χ4n) is 2.64. The standard InChI is InChI=1S/C16H24O2/c1-13-6-10-16(11-7-13)18-12-15(17)9-8-14-4-2-3-5-14/h6-7,10-11,14-15,17H,2-5,8-9,12H2,1H3/t15-/m0/s1. The lowest BCUT2D eigenvalue weighted by molar-refractivity contribution is 0.0939. The van der Waals surface area contributed by atoms with Crippen molar-refractivity contribution in [2.24, 2.45) is 5.92 Å². The van der Waals surface area contributed by atoms with Crippen molar-refractivity contribution in [1.82, 2.24) is 0 Å². The zero-order valence-corrected chi connectivity index (χ0v) is 11.3. The smallest absolute Gasteiger partial charge is 0.119 e. The second kappa shape index (κ2) is 6.79. The second-order valence-electron chi connectivity index (χ2n) is 5.51. The van der Waals surface area contributed by atoms with Crippen LogP contribution in [0.3, 0.4) is 0 Å². The summed E-state index contributed by atoms with van der Waals surface area (Å²) in [6, 6.07) is 7.97. The van der Waals surface area contributed by atoms with Crippen molar-refractivity contribution in [3.63, 3.8) is 0 Å². The van der Waals surface area contributed by atoms with Crippen LogP contribution in [0.5, 0.6) is 5.75 Å². The molecule has 0 aromatic heterocycles. The Labute approximate surface area is 110 Å². The van der Waals surface area contributed by atoms with Gasteiger partial charge in [-0.3, -0.25) is 0 Å². The molecule has 100 valence electrons. The lowest BCUT2D eigenvalue weighted by Gasteiger charge is -2.14. The lowest BCUT2D eigenvalue weighted by atomic mass is 10.00. The summed E-state index contributed by atoms with van der Waals surface area (Å²) >= 11 is 0. The van der Waals surface area contributed by atoms with E-state index in [0.29, 0.717) is 6.61 Å². The summed E-state index contributed by atoms with van der Waals surface area (Å²) in [6.07, 6.45) is 7.15. The van der Waals surface area contributed by atoms with Crippen LogP contribution in [-0.2, 0) is 0 Å². The number of hydrogen-bond donors (Lipinski definition) is 1. The Morgan fingerprint density at radius 3 is 2.56 bits per heavy atom. The number of ether oxygens (including phenoxy) is 1. The molecule has 1 aromatic carbocycles. The largest absolute Gasteiger partial charge is 0.491 e. The van der Waals surface area contributed by atoms with Crippen molar-refractivity contribution in [3.05, 3.63) is 29.8 Å². The molecule has 0 saturated heterocycles. The summed E-state index contributed by atoms with van der Waals surface area (Å²) in [5, 5.41) is 9.90. The molecule has 1 fully saturated rings. The summed E-state index contributed by atoms with van der Waals surface area (Å²) < 4.78 is 5.59. The molecular formula is C16H24O2. The van der Waals surface area contributed by atoms with E-state index in [9.17, 15) is 5.11 Å². The van der Waals surface area contributed by atoms with Crippen LogP contribution < -0.4 is 4.74 Å². The Morgan fingerprint density at radius 2 is 1.89 bits per heavy atom. The first-order chi connectivity index (χ1) is 8.74. The van der Waals surface area contributed by atoms with Gasteiger partial charge in [-0.2, -0.15) is 0 Å². The zero-order chi connectivity index (χ0) is 12.8. The molecule has 18 heavy (non-hydrogen) atoms. The summed E-state index contributed by atoms with van der Waals surface area (Å²) in [4.78, 5) is 0. The minimum absolute atomic E-state index is 0.327. The van der Waals surface area contributed by atoms with Crippen LogP contribution in [0.2, 0.25) is 0 Å². The van der Waals surface area contributed by atoms with Crippen molar-refractivity contribution in [2.45, 2.75) is 51.6 Å². The van der Waals surface area contributed by atoms with Crippen LogP contribution in [0, 0.1) is 12.8 Å². The summed E-state index contributed by atoms with van der Waals surface area (Å²) in [5.41, 5.74) is 1.23. The number of hydrogen-bond acceptors (Lipinski definition) is 2. The maximum Gasteiger partial charge on any atom is 0.119 e. The number of aliphatic hydroxyl groups is 1. The SMILES string of the molecule is Cc1ccc(OC[C@@H](O)CCC2CCCC2)cc1. The maximum atomic E-state index is 9.90. The van der Waals surface area contributed by atoms with Crippen molar-refractivity contribution in [2.75, 3.05) is 6.61 Å². The van der Waals surface area contributed by atoms with Gasteiger partial charge in [0.2, 0.25) is 0 Å². The van der Waals surface area contributed by atoms with Crippen molar-refractivity contribution in [3.8, 4) is 5.75 Å². The molecule has 0 heterocycles. The van der Waals surface area contributed by atoms with E-state index in [-0.39, 0.29) is 6.10 Å². The molecule has 0 amide bonds. The molecule has 0 bridgehead atoms. The van der Waals surface area contributed by atoms with E-state index in [4.69, 9.17) is 4.74 Å². The Balaban J connectivity index is 1.64. The molecule has 0 spiro atoms. The van der Waals surface area contributed by atoms with Crippen molar-refractivity contribution in [1.29, 1.82) is 0 Å². The van der Waals surface area contributed by atoms with Gasteiger partial charge in [-0.15, -0.1) is 0 Å². The molecule has 1 saturated carbocycles. The average Bonchev–Trinajstić information content (AvgIpc) is 2.89. The Kier molecular flexibility index (Phi) is 5.06. The van der Waals surface area contributed by atoms with E-state index in [1.807, 2.05) is 24.3 Å². The van der Waals surface area contributed by atoms with E-state index in [1.165, 1.54) is 31.2 Å². The Bertz CT molecular complexity index is 339. The molecule has 1 atom stereocenters. The number of aliphatic hydroxyl groups excluding tert-OH is 1. The fraction of sp³-hybridized carbons (Fsp3) is 0.625. The van der Waals surface area contributed by atoms with Crippen molar-refractivity contribution < 1.29 is 9.84 Å². The van der Waals surface area contributed by atoms with Gasteiger partial charge in [0.05, 0.1) is 6.10 Å². The zero-order valence-electron chi connectivity index (χ0n) is 11.3. The molecule has 2 heteroatoms. The third kappa shape index (κ3) is 4.34. The van der Waals surface area contributed by atoms with Crippen molar-refractivity contribution >= 4 is 0 Å². The third-order valence-corrected chi connectivity index (χ3v) is 3.85.